The summed E-state index contributed by atoms with van der Waals surface area (Å²) in [6.45, 7) is 0. The predicted molar refractivity (Wildman–Crippen MR) is 83.7 cm³/mol. The minimum Gasteiger partial charge on any atom is -0.508 e. The highest BCUT2D eigenvalue weighted by Crippen LogP contribution is 2.21. The van der Waals surface area contributed by atoms with Gasteiger partial charge in [0.2, 0.25) is 0 Å². The summed E-state index contributed by atoms with van der Waals surface area (Å²) in [6.07, 6.45) is 5.27. The van der Waals surface area contributed by atoms with E-state index in [1.54, 1.807) is 19.2 Å². The Hall–Kier alpha value is -2.99. The highest BCUT2D eigenvalue weighted by molar-refractivity contribution is 5.80. The van der Waals surface area contributed by atoms with Crippen LogP contribution in [0.3, 0.4) is 0 Å². The van der Waals surface area contributed by atoms with Crippen LogP contribution >= 0.6 is 0 Å². The lowest BCUT2D eigenvalue weighted by molar-refractivity contribution is 0.415. The molecule has 0 aliphatic rings. The number of phenolic OH excluding ortho intramolecular Hbond substituents is 1. The first-order chi connectivity index (χ1) is 10.2. The van der Waals surface area contributed by atoms with Crippen molar-refractivity contribution >= 4 is 11.6 Å². The molecule has 3 nitrogen and oxygen atoms in total. The quantitative estimate of drug-likeness (QED) is 0.678. The zero-order chi connectivity index (χ0) is 15.1. The van der Waals surface area contributed by atoms with Gasteiger partial charge >= 0.3 is 0 Å². The van der Waals surface area contributed by atoms with Crippen molar-refractivity contribution in [3.05, 3.63) is 71.8 Å². The van der Waals surface area contributed by atoms with Crippen molar-refractivity contribution in [1.82, 2.24) is 0 Å². The van der Waals surface area contributed by atoms with Gasteiger partial charge < -0.3 is 9.84 Å². The molecule has 0 heterocycles. The third-order valence-corrected chi connectivity index (χ3v) is 2.99. The van der Waals surface area contributed by atoms with Gasteiger partial charge in [-0.1, -0.05) is 36.4 Å². The van der Waals surface area contributed by atoms with Gasteiger partial charge in [-0.25, -0.2) is 0 Å². The Morgan fingerprint density at radius 2 is 1.76 bits per heavy atom. The van der Waals surface area contributed by atoms with E-state index < -0.39 is 0 Å². The lowest BCUT2D eigenvalue weighted by Gasteiger charge is -2.04. The Morgan fingerprint density at radius 1 is 1.10 bits per heavy atom. The van der Waals surface area contributed by atoms with Crippen LogP contribution in [0.5, 0.6) is 11.5 Å². The Bertz CT molecular complexity index is 689. The molecule has 0 bridgehead atoms. The Labute approximate surface area is 124 Å². The van der Waals surface area contributed by atoms with Gasteiger partial charge in [-0.15, -0.1) is 0 Å². The molecule has 0 spiro atoms. The number of phenols is 1. The van der Waals surface area contributed by atoms with Gasteiger partial charge in [-0.3, -0.25) is 0 Å². The van der Waals surface area contributed by atoms with Crippen LogP contribution in [0.15, 0.2) is 60.7 Å². The predicted octanol–water partition coefficient (Wildman–Crippen LogP) is 4.02. The molecule has 0 saturated heterocycles. The molecule has 3 heteroatoms. The van der Waals surface area contributed by atoms with Crippen molar-refractivity contribution in [1.29, 1.82) is 5.26 Å². The minimum atomic E-state index is 0.232. The third kappa shape index (κ3) is 3.99. The van der Waals surface area contributed by atoms with Gasteiger partial charge in [-0.2, -0.15) is 5.26 Å². The summed E-state index contributed by atoms with van der Waals surface area (Å²) >= 11 is 0. The second-order valence-corrected chi connectivity index (χ2v) is 4.38. The van der Waals surface area contributed by atoms with E-state index in [9.17, 15) is 5.11 Å². The number of ether oxygens (including phenoxy) is 1. The summed E-state index contributed by atoms with van der Waals surface area (Å²) < 4.78 is 5.12. The van der Waals surface area contributed by atoms with Crippen LogP contribution in [-0.4, -0.2) is 12.2 Å². The fourth-order valence-corrected chi connectivity index (χ4v) is 1.85. The first kappa shape index (κ1) is 14.4. The van der Waals surface area contributed by atoms with Crippen molar-refractivity contribution in [2.24, 2.45) is 0 Å². The number of allylic oxidation sites excluding steroid dienone is 3. The molecular weight excluding hydrogens is 262 g/mol. The maximum atomic E-state index is 9.26. The van der Waals surface area contributed by atoms with Gasteiger partial charge in [0.15, 0.2) is 0 Å². The molecule has 0 saturated carbocycles. The molecule has 0 aliphatic heterocycles. The molecule has 0 radical (unpaired) electrons. The highest BCUT2D eigenvalue weighted by Gasteiger charge is 1.99. The normalized spacial score (nSPS) is 11.3. The topological polar surface area (TPSA) is 53.2 Å². The van der Waals surface area contributed by atoms with Gasteiger partial charge in [-0.05, 0) is 41.0 Å². The molecule has 0 fully saturated rings. The third-order valence-electron chi connectivity index (χ3n) is 2.99. The summed E-state index contributed by atoms with van der Waals surface area (Å²) in [4.78, 5) is 0. The van der Waals surface area contributed by atoms with E-state index >= 15 is 0 Å². The van der Waals surface area contributed by atoms with Gasteiger partial charge in [0, 0.05) is 6.08 Å². The van der Waals surface area contributed by atoms with Gasteiger partial charge in [0.1, 0.15) is 11.5 Å². The van der Waals surface area contributed by atoms with E-state index in [4.69, 9.17) is 10.00 Å². The smallest absolute Gasteiger partial charge is 0.118 e. The highest BCUT2D eigenvalue weighted by atomic mass is 16.5. The van der Waals surface area contributed by atoms with Gasteiger partial charge in [0.25, 0.3) is 0 Å². The molecule has 104 valence electrons. The molecule has 0 atom stereocenters. The molecule has 2 aromatic rings. The largest absolute Gasteiger partial charge is 0.508 e. The summed E-state index contributed by atoms with van der Waals surface area (Å²) in [5.41, 5.74) is 2.70. The lowest BCUT2D eigenvalue weighted by Crippen LogP contribution is -1.84. The van der Waals surface area contributed by atoms with Crippen molar-refractivity contribution in [3.63, 3.8) is 0 Å². The molecule has 2 rings (SSSR count). The maximum Gasteiger partial charge on any atom is 0.118 e. The fourth-order valence-electron chi connectivity index (χ4n) is 1.85. The second-order valence-electron chi connectivity index (χ2n) is 4.38. The number of hydrogen-bond acceptors (Lipinski definition) is 3. The molecule has 0 aromatic heterocycles. The number of rotatable bonds is 4. The van der Waals surface area contributed by atoms with Crippen LogP contribution in [0, 0.1) is 11.3 Å². The number of benzene rings is 2. The van der Waals surface area contributed by atoms with Gasteiger partial charge in [0.05, 0.1) is 13.2 Å². The van der Waals surface area contributed by atoms with Crippen molar-refractivity contribution in [3.8, 4) is 17.6 Å². The molecular formula is C18H15NO2. The van der Waals surface area contributed by atoms with Crippen molar-refractivity contribution in [2.75, 3.05) is 7.11 Å². The molecule has 0 amide bonds. The second kappa shape index (κ2) is 6.97. The van der Waals surface area contributed by atoms with Crippen LogP contribution in [0.1, 0.15) is 11.1 Å². The summed E-state index contributed by atoms with van der Waals surface area (Å²) in [6, 6.07) is 16.4. The first-order valence-corrected chi connectivity index (χ1v) is 6.44. The van der Waals surface area contributed by atoms with Crippen molar-refractivity contribution < 1.29 is 9.84 Å². The average molecular weight is 277 g/mol. The van der Waals surface area contributed by atoms with E-state index in [0.717, 1.165) is 22.4 Å². The fraction of sp³-hybridized carbons (Fsp3) is 0.0556. The number of methoxy groups -OCH3 is 1. The SMILES string of the molecule is COc1ccc(C(=C\C#N)/C=C/c2ccc(O)cc2)cc1. The van der Waals surface area contributed by atoms with Crippen LogP contribution in [0.2, 0.25) is 0 Å². The number of hydrogen-bond donors (Lipinski definition) is 1. The van der Waals surface area contributed by atoms with Crippen LogP contribution in [0.4, 0.5) is 0 Å². The first-order valence-electron chi connectivity index (χ1n) is 6.44. The molecule has 21 heavy (non-hydrogen) atoms. The molecule has 0 unspecified atom stereocenters. The summed E-state index contributed by atoms with van der Waals surface area (Å²) in [7, 11) is 1.62. The zero-order valence-corrected chi connectivity index (χ0v) is 11.7. The number of aromatic hydroxyl groups is 1. The standard InChI is InChI=1S/C18H15NO2/c1-21-18-10-6-15(7-11-18)16(12-13-19)5-2-14-3-8-17(20)9-4-14/h2-12,20H,1H3/b5-2+,16-12-. The Kier molecular flexibility index (Phi) is 4.79. The zero-order valence-electron chi connectivity index (χ0n) is 11.7. The van der Waals surface area contributed by atoms with Crippen LogP contribution < -0.4 is 4.74 Å². The number of nitriles is 1. The van der Waals surface area contributed by atoms with E-state index in [0.29, 0.717) is 0 Å². The van der Waals surface area contributed by atoms with E-state index in [1.807, 2.05) is 48.6 Å². The maximum absolute atomic E-state index is 9.26. The van der Waals surface area contributed by atoms with E-state index in [-0.39, 0.29) is 5.75 Å². The summed E-state index contributed by atoms with van der Waals surface area (Å²) in [5.74, 6) is 1.01. The van der Waals surface area contributed by atoms with E-state index in [2.05, 4.69) is 6.07 Å². The monoisotopic (exact) mass is 277 g/mol. The van der Waals surface area contributed by atoms with Crippen LogP contribution in [0.25, 0.3) is 11.6 Å². The summed E-state index contributed by atoms with van der Waals surface area (Å²) in [5, 5.41) is 18.2. The Morgan fingerprint density at radius 3 is 2.33 bits per heavy atom. The van der Waals surface area contributed by atoms with Crippen LogP contribution in [-0.2, 0) is 0 Å². The molecule has 0 aliphatic carbocycles. The number of nitrogens with zero attached hydrogens (tertiary/aromatic N) is 1. The average Bonchev–Trinajstić information content (AvgIpc) is 2.53. The van der Waals surface area contributed by atoms with Crippen molar-refractivity contribution in [2.45, 2.75) is 0 Å². The van der Waals surface area contributed by atoms with E-state index in [1.165, 1.54) is 6.08 Å². The molecule has 1 N–H and O–H groups in total. The minimum absolute atomic E-state index is 0.232. The Balaban J connectivity index is 2.25. The lowest BCUT2D eigenvalue weighted by atomic mass is 10.0. The molecule has 2 aromatic carbocycles.